The van der Waals surface area contributed by atoms with E-state index in [2.05, 4.69) is 5.32 Å². The van der Waals surface area contributed by atoms with Crippen molar-refractivity contribution in [3.8, 4) is 0 Å². The zero-order valence-electron chi connectivity index (χ0n) is 10.5. The van der Waals surface area contributed by atoms with Crippen molar-refractivity contribution in [2.24, 2.45) is 11.1 Å². The molecule has 16 heavy (non-hydrogen) atoms. The van der Waals surface area contributed by atoms with Crippen LogP contribution in [0.1, 0.15) is 46.5 Å². The van der Waals surface area contributed by atoms with E-state index in [1.165, 1.54) is 0 Å². The summed E-state index contributed by atoms with van der Waals surface area (Å²) in [5.74, 6) is -0.150. The van der Waals surface area contributed by atoms with Gasteiger partial charge in [0.25, 0.3) is 0 Å². The minimum Gasteiger partial charge on any atom is -0.394 e. The second-order valence-electron chi connectivity index (χ2n) is 5.98. The topological polar surface area (TPSA) is 75.4 Å². The molecule has 1 aliphatic rings. The average molecular weight is 228 g/mol. The predicted octanol–water partition coefficient (Wildman–Crippen LogP) is 0.781. The Bertz CT molecular complexity index is 252. The van der Waals surface area contributed by atoms with Gasteiger partial charge in [0.05, 0.1) is 18.2 Å². The lowest BCUT2D eigenvalue weighted by Crippen LogP contribution is -2.57. The number of hydrogen-bond donors (Lipinski definition) is 3. The summed E-state index contributed by atoms with van der Waals surface area (Å²) in [6.07, 6.45) is 3.83. The summed E-state index contributed by atoms with van der Waals surface area (Å²) in [6, 6.07) is -0.531. The second kappa shape index (κ2) is 4.72. The molecule has 1 atom stereocenters. The highest BCUT2D eigenvalue weighted by molar-refractivity contribution is 5.83. The van der Waals surface area contributed by atoms with Gasteiger partial charge in [0, 0.05) is 0 Å². The van der Waals surface area contributed by atoms with Gasteiger partial charge in [-0.1, -0.05) is 33.6 Å². The predicted molar refractivity (Wildman–Crippen MR) is 63.9 cm³/mol. The molecule has 1 saturated carbocycles. The minimum atomic E-state index is -0.531. The Morgan fingerprint density at radius 3 is 2.31 bits per heavy atom. The number of rotatable bonds is 3. The molecule has 0 aromatic heterocycles. The fourth-order valence-electron chi connectivity index (χ4n) is 2.11. The summed E-state index contributed by atoms with van der Waals surface area (Å²) in [4.78, 5) is 12.0. The first kappa shape index (κ1) is 13.5. The number of amides is 1. The van der Waals surface area contributed by atoms with Crippen molar-refractivity contribution >= 4 is 5.91 Å². The first-order valence-corrected chi connectivity index (χ1v) is 5.99. The van der Waals surface area contributed by atoms with Crippen LogP contribution in [0.15, 0.2) is 0 Å². The number of nitrogens with two attached hydrogens (primary N) is 1. The van der Waals surface area contributed by atoms with Crippen LogP contribution in [0.3, 0.4) is 0 Å². The lowest BCUT2D eigenvalue weighted by molar-refractivity contribution is -0.127. The molecule has 4 heteroatoms. The van der Waals surface area contributed by atoms with E-state index in [1.54, 1.807) is 0 Å². The lowest BCUT2D eigenvalue weighted by Gasteiger charge is -2.33. The average Bonchev–Trinajstić information content (AvgIpc) is 2.64. The van der Waals surface area contributed by atoms with Crippen LogP contribution in [0, 0.1) is 5.41 Å². The molecule has 1 aliphatic carbocycles. The maximum Gasteiger partial charge on any atom is 0.237 e. The molecule has 0 spiro atoms. The van der Waals surface area contributed by atoms with Crippen molar-refractivity contribution in [2.45, 2.75) is 58.0 Å². The number of nitrogens with one attached hydrogen (secondary N) is 1. The molecule has 1 fully saturated rings. The van der Waals surface area contributed by atoms with Gasteiger partial charge in [-0.3, -0.25) is 4.79 Å². The summed E-state index contributed by atoms with van der Waals surface area (Å²) >= 11 is 0. The highest BCUT2D eigenvalue weighted by Crippen LogP contribution is 2.29. The van der Waals surface area contributed by atoms with Crippen LogP contribution in [0.2, 0.25) is 0 Å². The molecule has 1 amide bonds. The zero-order chi connectivity index (χ0) is 12.4. The Morgan fingerprint density at radius 2 is 1.94 bits per heavy atom. The third-order valence-corrected chi connectivity index (χ3v) is 3.47. The number of carbonyl (C=O) groups is 1. The number of carbonyl (C=O) groups excluding carboxylic acids is 1. The SMILES string of the molecule is CC(C)(C)C(N)C(=O)NC1(CO)CCCC1. The second-order valence-corrected chi connectivity index (χ2v) is 5.98. The third kappa shape index (κ3) is 2.95. The van der Waals surface area contributed by atoms with E-state index in [9.17, 15) is 9.90 Å². The molecule has 0 aromatic rings. The number of hydrogen-bond acceptors (Lipinski definition) is 3. The first-order valence-electron chi connectivity index (χ1n) is 5.99. The van der Waals surface area contributed by atoms with Crippen LogP contribution in [0.25, 0.3) is 0 Å². The van der Waals surface area contributed by atoms with E-state index in [0.29, 0.717) is 0 Å². The molecule has 1 rings (SSSR count). The van der Waals surface area contributed by atoms with Crippen LogP contribution < -0.4 is 11.1 Å². The number of aliphatic hydroxyl groups is 1. The van der Waals surface area contributed by atoms with Crippen molar-refractivity contribution < 1.29 is 9.90 Å². The van der Waals surface area contributed by atoms with Gasteiger partial charge in [-0.05, 0) is 18.3 Å². The highest BCUT2D eigenvalue weighted by Gasteiger charge is 2.37. The molecule has 0 bridgehead atoms. The Balaban J connectivity index is 2.63. The van der Waals surface area contributed by atoms with Gasteiger partial charge in [-0.2, -0.15) is 0 Å². The lowest BCUT2D eigenvalue weighted by atomic mass is 9.86. The van der Waals surface area contributed by atoms with E-state index in [1.807, 2.05) is 20.8 Å². The van der Waals surface area contributed by atoms with Gasteiger partial charge in [-0.25, -0.2) is 0 Å². The molecule has 4 N–H and O–H groups in total. The fourth-order valence-corrected chi connectivity index (χ4v) is 2.11. The van der Waals surface area contributed by atoms with E-state index < -0.39 is 11.6 Å². The summed E-state index contributed by atoms with van der Waals surface area (Å²) in [5.41, 5.74) is 5.22. The van der Waals surface area contributed by atoms with Crippen molar-refractivity contribution in [1.29, 1.82) is 0 Å². The van der Waals surface area contributed by atoms with E-state index in [4.69, 9.17) is 5.73 Å². The van der Waals surface area contributed by atoms with Gasteiger partial charge in [0.2, 0.25) is 5.91 Å². The van der Waals surface area contributed by atoms with E-state index in [0.717, 1.165) is 25.7 Å². The van der Waals surface area contributed by atoms with Gasteiger partial charge < -0.3 is 16.2 Å². The van der Waals surface area contributed by atoms with Crippen LogP contribution in [-0.4, -0.2) is 29.2 Å². The Hall–Kier alpha value is -0.610. The normalized spacial score (nSPS) is 21.8. The van der Waals surface area contributed by atoms with Crippen LogP contribution in [0.5, 0.6) is 0 Å². The largest absolute Gasteiger partial charge is 0.394 e. The summed E-state index contributed by atoms with van der Waals surface area (Å²) in [7, 11) is 0. The molecular formula is C12H24N2O2. The highest BCUT2D eigenvalue weighted by atomic mass is 16.3. The third-order valence-electron chi connectivity index (χ3n) is 3.47. The molecule has 0 saturated heterocycles. The molecule has 1 unspecified atom stereocenters. The van der Waals surface area contributed by atoms with E-state index in [-0.39, 0.29) is 17.9 Å². The monoisotopic (exact) mass is 228 g/mol. The maximum absolute atomic E-state index is 12.0. The molecule has 0 radical (unpaired) electrons. The maximum atomic E-state index is 12.0. The van der Waals surface area contributed by atoms with Crippen molar-refractivity contribution in [2.75, 3.05) is 6.61 Å². The Kier molecular flexibility index (Phi) is 3.97. The van der Waals surface area contributed by atoms with Gasteiger partial charge in [0.1, 0.15) is 0 Å². The molecule has 4 nitrogen and oxygen atoms in total. The molecular weight excluding hydrogens is 204 g/mol. The standard InChI is InChI=1S/C12H24N2O2/c1-11(2,3)9(13)10(16)14-12(8-15)6-4-5-7-12/h9,15H,4-8,13H2,1-3H3,(H,14,16). The summed E-state index contributed by atoms with van der Waals surface area (Å²) in [5, 5.41) is 12.3. The van der Waals surface area contributed by atoms with Crippen molar-refractivity contribution in [3.05, 3.63) is 0 Å². The number of aliphatic hydroxyl groups excluding tert-OH is 1. The van der Waals surface area contributed by atoms with Crippen LogP contribution in [0.4, 0.5) is 0 Å². The van der Waals surface area contributed by atoms with Gasteiger partial charge >= 0.3 is 0 Å². The molecule has 0 aliphatic heterocycles. The first-order chi connectivity index (χ1) is 7.31. The fraction of sp³-hybridized carbons (Fsp3) is 0.917. The van der Waals surface area contributed by atoms with Crippen molar-refractivity contribution in [3.63, 3.8) is 0 Å². The molecule has 0 heterocycles. The quantitative estimate of drug-likeness (QED) is 0.668. The van der Waals surface area contributed by atoms with Gasteiger partial charge in [0.15, 0.2) is 0 Å². The van der Waals surface area contributed by atoms with Crippen molar-refractivity contribution in [1.82, 2.24) is 5.32 Å². The molecule has 0 aromatic carbocycles. The summed E-state index contributed by atoms with van der Waals surface area (Å²) in [6.45, 7) is 5.84. The van der Waals surface area contributed by atoms with Crippen LogP contribution in [-0.2, 0) is 4.79 Å². The zero-order valence-corrected chi connectivity index (χ0v) is 10.5. The van der Waals surface area contributed by atoms with Crippen LogP contribution >= 0.6 is 0 Å². The smallest absolute Gasteiger partial charge is 0.237 e. The van der Waals surface area contributed by atoms with Gasteiger partial charge in [-0.15, -0.1) is 0 Å². The Morgan fingerprint density at radius 1 is 1.44 bits per heavy atom. The van der Waals surface area contributed by atoms with E-state index >= 15 is 0 Å². The minimum absolute atomic E-state index is 0.00953. The summed E-state index contributed by atoms with van der Waals surface area (Å²) < 4.78 is 0. The Labute approximate surface area is 97.6 Å². The molecule has 94 valence electrons.